The van der Waals surface area contributed by atoms with E-state index in [2.05, 4.69) is 32.6 Å². The molecule has 7 nitrogen and oxygen atoms in total. The van der Waals surface area contributed by atoms with Crippen molar-refractivity contribution in [3.63, 3.8) is 0 Å². The summed E-state index contributed by atoms with van der Waals surface area (Å²) >= 11 is 0. The molecule has 0 aromatic heterocycles. The Bertz CT molecular complexity index is 1130. The topological polar surface area (TPSA) is 93.1 Å². The Morgan fingerprint density at radius 2 is 1.86 bits per heavy atom. The molecule has 7 heteroatoms. The van der Waals surface area contributed by atoms with E-state index >= 15 is 0 Å². The Morgan fingerprint density at radius 1 is 1.11 bits per heavy atom. The summed E-state index contributed by atoms with van der Waals surface area (Å²) in [6.07, 6.45) is 5.00. The number of hydrogen-bond acceptors (Lipinski definition) is 7. The third-order valence-corrected chi connectivity index (χ3v) is 12.5. The third kappa shape index (κ3) is 2.40. The first-order chi connectivity index (χ1) is 16.8. The molecular weight excluding hydrogens is 458 g/mol. The van der Waals surface area contributed by atoms with Gasteiger partial charge in [0.25, 0.3) is 0 Å². The number of ketones is 2. The van der Waals surface area contributed by atoms with Crippen LogP contribution in [0.2, 0.25) is 0 Å². The van der Waals surface area contributed by atoms with Gasteiger partial charge in [-0.2, -0.15) is 0 Å². The SMILES string of the molecule is CC1=CC(=O)[C@H]2CC(=O)[C@H]3[C@@](C)(C[C@@]45OC(=O)C[C@]3(C)[C@]4(C)CC[C@]34C[C@@H](C)[C@@H](O)[C@H](CN35)O4)[C@@H]2C1. The quantitative estimate of drug-likeness (QED) is 0.513. The highest BCUT2D eigenvalue weighted by Gasteiger charge is 2.82. The molecule has 11 atom stereocenters. The van der Waals surface area contributed by atoms with Gasteiger partial charge in [0.15, 0.2) is 11.5 Å². The molecule has 36 heavy (non-hydrogen) atoms. The summed E-state index contributed by atoms with van der Waals surface area (Å²) in [5.74, 6) is -0.471. The van der Waals surface area contributed by atoms with Crippen LogP contribution in [0, 0.1) is 39.9 Å². The number of Topliss-reactive ketones (excluding diaryl/α,β-unsaturated/α-hetero) is 1. The maximum atomic E-state index is 14.0. The van der Waals surface area contributed by atoms with Gasteiger partial charge in [-0.05, 0) is 61.3 Å². The summed E-state index contributed by atoms with van der Waals surface area (Å²) in [5, 5.41) is 10.9. The second-order valence-corrected chi connectivity index (χ2v) is 14.2. The average molecular weight is 498 g/mol. The molecule has 4 aliphatic heterocycles. The summed E-state index contributed by atoms with van der Waals surface area (Å²) in [6.45, 7) is 11.2. The lowest BCUT2D eigenvalue weighted by molar-refractivity contribution is -0.380. The monoisotopic (exact) mass is 497 g/mol. The van der Waals surface area contributed by atoms with E-state index in [0.717, 1.165) is 24.8 Å². The Hall–Kier alpha value is -1.57. The van der Waals surface area contributed by atoms with Crippen LogP contribution in [0.25, 0.3) is 0 Å². The minimum absolute atomic E-state index is 0.0422. The normalized spacial score (nSPS) is 57.7. The summed E-state index contributed by atoms with van der Waals surface area (Å²) in [4.78, 5) is 43.0. The largest absolute Gasteiger partial charge is 0.443 e. The van der Waals surface area contributed by atoms with E-state index in [1.165, 1.54) is 0 Å². The van der Waals surface area contributed by atoms with Crippen molar-refractivity contribution in [3.8, 4) is 0 Å². The number of ether oxygens (including phenoxy) is 2. The average Bonchev–Trinajstić information content (AvgIpc) is 3.11. The summed E-state index contributed by atoms with van der Waals surface area (Å²) < 4.78 is 13.2. The van der Waals surface area contributed by atoms with Crippen LogP contribution in [0.3, 0.4) is 0 Å². The minimum atomic E-state index is -0.931. The number of carbonyl (C=O) groups is 3. The van der Waals surface area contributed by atoms with Crippen molar-refractivity contribution in [2.75, 3.05) is 6.54 Å². The zero-order valence-electron chi connectivity index (χ0n) is 22.1. The molecule has 1 spiro atoms. The Kier molecular flexibility index (Phi) is 4.38. The second-order valence-electron chi connectivity index (χ2n) is 14.2. The summed E-state index contributed by atoms with van der Waals surface area (Å²) in [7, 11) is 0. The van der Waals surface area contributed by atoms with Crippen molar-refractivity contribution in [1.82, 2.24) is 4.90 Å². The number of aliphatic hydroxyl groups excluding tert-OH is 1. The fraction of sp³-hybridized carbons (Fsp3) is 0.828. The number of hydrogen-bond donors (Lipinski definition) is 1. The van der Waals surface area contributed by atoms with Gasteiger partial charge >= 0.3 is 5.97 Å². The van der Waals surface area contributed by atoms with Crippen LogP contribution in [-0.4, -0.2) is 57.7 Å². The fourth-order valence-electron chi connectivity index (χ4n) is 10.9. The number of fused-ring (bicyclic) bond motifs is 5. The lowest BCUT2D eigenvalue weighted by Gasteiger charge is -2.76. The number of allylic oxidation sites excluding steroid dienone is 2. The van der Waals surface area contributed by atoms with Crippen LogP contribution in [0.5, 0.6) is 0 Å². The van der Waals surface area contributed by atoms with Crippen LogP contribution >= 0.6 is 0 Å². The number of esters is 1. The van der Waals surface area contributed by atoms with Gasteiger partial charge in [-0.3, -0.25) is 14.4 Å². The standard InChI is InChI=1S/C29H39NO6/c1-15-8-18-17(19(31)9-15)10-20(32)24-25(18,3)14-29-27(5,26(24,4)12-22(33)36-29)6-7-28-11-16(2)23(34)21(35-28)13-30(28)29/h9,16-18,21,23-24,34H,6-8,10-14H2,1-5H3/t16-,17+,18-,21+,23-,24+,25+,26+,27+,28+,29-/m1/s1. The van der Waals surface area contributed by atoms with Crippen molar-refractivity contribution >= 4 is 17.5 Å². The van der Waals surface area contributed by atoms with Crippen molar-refractivity contribution < 1.29 is 29.0 Å². The number of rotatable bonds is 0. The van der Waals surface area contributed by atoms with Gasteiger partial charge in [0.2, 0.25) is 0 Å². The lowest BCUT2D eigenvalue weighted by atomic mass is 9.34. The molecule has 7 aliphatic rings. The van der Waals surface area contributed by atoms with Crippen LogP contribution in [0.1, 0.15) is 79.6 Å². The molecule has 0 aromatic rings. The van der Waals surface area contributed by atoms with Crippen LogP contribution in [0.15, 0.2) is 11.6 Å². The van der Waals surface area contributed by atoms with Gasteiger partial charge in [-0.25, -0.2) is 4.90 Å². The first kappa shape index (κ1) is 23.5. The fourth-order valence-corrected chi connectivity index (χ4v) is 10.9. The van der Waals surface area contributed by atoms with Crippen molar-refractivity contribution in [2.45, 2.75) is 103 Å². The number of aliphatic hydroxyl groups is 1. The van der Waals surface area contributed by atoms with Crippen LogP contribution < -0.4 is 0 Å². The number of carbonyl (C=O) groups excluding carboxylic acids is 3. The third-order valence-electron chi connectivity index (χ3n) is 12.5. The Morgan fingerprint density at radius 3 is 2.61 bits per heavy atom. The van der Waals surface area contributed by atoms with Gasteiger partial charge < -0.3 is 14.6 Å². The van der Waals surface area contributed by atoms with Gasteiger partial charge in [-0.15, -0.1) is 0 Å². The van der Waals surface area contributed by atoms with Crippen molar-refractivity contribution in [3.05, 3.63) is 11.6 Å². The zero-order valence-corrected chi connectivity index (χ0v) is 22.1. The highest BCUT2D eigenvalue weighted by Crippen LogP contribution is 2.77. The molecule has 7 rings (SSSR count). The predicted molar refractivity (Wildman–Crippen MR) is 129 cm³/mol. The minimum Gasteiger partial charge on any atom is -0.443 e. The van der Waals surface area contributed by atoms with E-state index in [9.17, 15) is 19.5 Å². The highest BCUT2D eigenvalue weighted by atomic mass is 16.6. The molecule has 4 bridgehead atoms. The van der Waals surface area contributed by atoms with Gasteiger partial charge in [0.1, 0.15) is 11.5 Å². The molecule has 1 N–H and O–H groups in total. The van der Waals surface area contributed by atoms with E-state index in [0.29, 0.717) is 19.4 Å². The summed E-state index contributed by atoms with van der Waals surface area (Å²) in [5.41, 5.74) is -1.94. The van der Waals surface area contributed by atoms with E-state index in [1.807, 2.05) is 6.92 Å². The molecule has 2 saturated carbocycles. The predicted octanol–water partition coefficient (Wildman–Crippen LogP) is 3.38. The summed E-state index contributed by atoms with van der Waals surface area (Å²) in [6, 6.07) is 0. The molecule has 196 valence electrons. The number of nitrogens with zero attached hydrogens (tertiary/aromatic N) is 1. The van der Waals surface area contributed by atoms with E-state index < -0.39 is 33.8 Å². The molecule has 4 heterocycles. The van der Waals surface area contributed by atoms with E-state index in [1.54, 1.807) is 6.08 Å². The van der Waals surface area contributed by atoms with E-state index in [4.69, 9.17) is 9.47 Å². The molecule has 0 radical (unpaired) electrons. The molecule has 0 unspecified atom stereocenters. The van der Waals surface area contributed by atoms with Gasteiger partial charge in [0, 0.05) is 36.6 Å². The Balaban J connectivity index is 1.44. The maximum Gasteiger partial charge on any atom is 0.308 e. The first-order valence-electron chi connectivity index (χ1n) is 13.9. The Labute approximate surface area is 212 Å². The molecule has 4 saturated heterocycles. The van der Waals surface area contributed by atoms with Crippen LogP contribution in [-0.2, 0) is 23.9 Å². The highest BCUT2D eigenvalue weighted by molar-refractivity contribution is 5.99. The molecule has 3 aliphatic carbocycles. The molecule has 0 amide bonds. The zero-order chi connectivity index (χ0) is 25.6. The smallest absolute Gasteiger partial charge is 0.308 e. The van der Waals surface area contributed by atoms with Crippen molar-refractivity contribution in [1.29, 1.82) is 0 Å². The maximum absolute atomic E-state index is 14.0. The molecule has 6 fully saturated rings. The lowest BCUT2D eigenvalue weighted by Crippen LogP contribution is -2.82. The second kappa shape index (κ2) is 6.70. The van der Waals surface area contributed by atoms with E-state index in [-0.39, 0.29) is 60.2 Å². The van der Waals surface area contributed by atoms with Crippen molar-refractivity contribution in [2.24, 2.45) is 39.9 Å². The van der Waals surface area contributed by atoms with Crippen LogP contribution in [0.4, 0.5) is 0 Å². The number of piperidine rings is 1. The first-order valence-corrected chi connectivity index (χ1v) is 13.9. The van der Waals surface area contributed by atoms with Gasteiger partial charge in [0.05, 0.1) is 18.6 Å². The van der Waals surface area contributed by atoms with Gasteiger partial charge in [-0.1, -0.05) is 33.3 Å². The molecule has 0 aromatic carbocycles. The molecular formula is C29H39NO6.